The number of hydrogen-bond donors (Lipinski definition) is 1. The molecule has 1 aliphatic rings. The first kappa shape index (κ1) is 16.0. The third kappa shape index (κ3) is 3.89. The van der Waals surface area contributed by atoms with E-state index in [-0.39, 0.29) is 6.10 Å². The summed E-state index contributed by atoms with van der Waals surface area (Å²) in [6.45, 7) is 6.58. The molecule has 0 unspecified atom stereocenters. The van der Waals surface area contributed by atoms with Crippen molar-refractivity contribution in [3.63, 3.8) is 0 Å². The molecule has 6 heteroatoms. The Morgan fingerprint density at radius 3 is 3.13 bits per heavy atom. The Kier molecular flexibility index (Phi) is 5.25. The number of anilines is 1. The number of rotatable bonds is 6. The zero-order chi connectivity index (χ0) is 16.1. The van der Waals surface area contributed by atoms with Crippen molar-refractivity contribution in [2.45, 2.75) is 32.5 Å². The molecule has 0 saturated carbocycles. The van der Waals surface area contributed by atoms with E-state index in [0.29, 0.717) is 0 Å². The fraction of sp³-hybridized carbons (Fsp3) is 0.529. The van der Waals surface area contributed by atoms with Crippen molar-refractivity contribution in [3.8, 4) is 0 Å². The minimum atomic E-state index is 0.0200. The Labute approximate surface area is 137 Å². The van der Waals surface area contributed by atoms with Gasteiger partial charge >= 0.3 is 0 Å². The van der Waals surface area contributed by atoms with Gasteiger partial charge in [0, 0.05) is 39.1 Å². The molecule has 1 saturated heterocycles. The monoisotopic (exact) mass is 315 g/mol. The van der Waals surface area contributed by atoms with Gasteiger partial charge in [-0.3, -0.25) is 4.90 Å². The Hall–Kier alpha value is -1.92. The SMILES string of the molecule is CCCn1ccnc1CN1CCO[C@@H](c2cccc(NC)n2)C1. The molecule has 2 aromatic rings. The van der Waals surface area contributed by atoms with E-state index in [1.807, 2.05) is 31.4 Å². The number of nitrogens with zero attached hydrogens (tertiary/aromatic N) is 4. The van der Waals surface area contributed by atoms with Gasteiger partial charge in [0.05, 0.1) is 18.8 Å². The molecular weight excluding hydrogens is 290 g/mol. The van der Waals surface area contributed by atoms with Crippen LogP contribution in [0.5, 0.6) is 0 Å². The van der Waals surface area contributed by atoms with E-state index in [1.54, 1.807) is 0 Å². The molecular formula is C17H25N5O. The molecule has 0 aromatic carbocycles. The van der Waals surface area contributed by atoms with Gasteiger partial charge in [-0.05, 0) is 18.6 Å². The van der Waals surface area contributed by atoms with Crippen molar-refractivity contribution in [3.05, 3.63) is 42.1 Å². The second-order valence-electron chi connectivity index (χ2n) is 5.83. The summed E-state index contributed by atoms with van der Waals surface area (Å²) in [6.07, 6.45) is 5.09. The summed E-state index contributed by atoms with van der Waals surface area (Å²) in [5.41, 5.74) is 0.985. The summed E-state index contributed by atoms with van der Waals surface area (Å²) in [6, 6.07) is 6.02. The molecule has 1 fully saturated rings. The molecule has 1 atom stereocenters. The van der Waals surface area contributed by atoms with E-state index in [9.17, 15) is 0 Å². The van der Waals surface area contributed by atoms with E-state index in [2.05, 4.69) is 37.9 Å². The standard InChI is InChI=1S/C17H25N5O/c1-3-8-22-9-7-19-17(22)13-21-10-11-23-15(12-21)14-5-4-6-16(18-2)20-14/h4-7,9,15H,3,8,10-13H2,1-2H3,(H,18,20)/t15-/m1/s1. The first-order valence-electron chi connectivity index (χ1n) is 8.29. The summed E-state index contributed by atoms with van der Waals surface area (Å²) >= 11 is 0. The second kappa shape index (κ2) is 7.57. The number of hydrogen-bond acceptors (Lipinski definition) is 5. The molecule has 6 nitrogen and oxygen atoms in total. The van der Waals surface area contributed by atoms with Crippen LogP contribution in [-0.2, 0) is 17.8 Å². The maximum Gasteiger partial charge on any atom is 0.126 e. The van der Waals surface area contributed by atoms with Crippen molar-refractivity contribution < 1.29 is 4.74 Å². The number of pyridine rings is 1. The minimum absolute atomic E-state index is 0.0200. The predicted molar refractivity (Wildman–Crippen MR) is 90.3 cm³/mol. The molecule has 0 bridgehead atoms. The van der Waals surface area contributed by atoms with Crippen molar-refractivity contribution in [2.75, 3.05) is 32.1 Å². The van der Waals surface area contributed by atoms with Gasteiger partial charge in [-0.15, -0.1) is 0 Å². The fourth-order valence-corrected chi connectivity index (χ4v) is 2.93. The summed E-state index contributed by atoms with van der Waals surface area (Å²) in [5.74, 6) is 2.01. The third-order valence-electron chi connectivity index (χ3n) is 4.14. The normalized spacial score (nSPS) is 19.0. The fourth-order valence-electron chi connectivity index (χ4n) is 2.93. The first-order chi connectivity index (χ1) is 11.3. The van der Waals surface area contributed by atoms with Crippen LogP contribution in [0.3, 0.4) is 0 Å². The third-order valence-corrected chi connectivity index (χ3v) is 4.14. The smallest absolute Gasteiger partial charge is 0.126 e. The highest BCUT2D eigenvalue weighted by Gasteiger charge is 2.24. The van der Waals surface area contributed by atoms with E-state index < -0.39 is 0 Å². The van der Waals surface area contributed by atoms with Gasteiger partial charge in [0.2, 0.25) is 0 Å². The number of imidazole rings is 1. The van der Waals surface area contributed by atoms with Crippen molar-refractivity contribution in [2.24, 2.45) is 0 Å². The minimum Gasteiger partial charge on any atom is -0.373 e. The first-order valence-corrected chi connectivity index (χ1v) is 8.29. The van der Waals surface area contributed by atoms with Crippen LogP contribution in [0.15, 0.2) is 30.6 Å². The van der Waals surface area contributed by atoms with E-state index in [1.165, 1.54) is 0 Å². The molecule has 3 heterocycles. The number of aryl methyl sites for hydroxylation is 1. The summed E-state index contributed by atoms with van der Waals surface area (Å²) in [5, 5.41) is 3.08. The lowest BCUT2D eigenvalue weighted by Gasteiger charge is -2.32. The number of morpholine rings is 1. The second-order valence-corrected chi connectivity index (χ2v) is 5.83. The molecule has 23 heavy (non-hydrogen) atoms. The topological polar surface area (TPSA) is 55.2 Å². The molecule has 124 valence electrons. The molecule has 2 aromatic heterocycles. The maximum atomic E-state index is 5.93. The Balaban J connectivity index is 1.67. The number of aromatic nitrogens is 3. The Bertz CT molecular complexity index is 627. The average Bonchev–Trinajstić information content (AvgIpc) is 3.02. The van der Waals surface area contributed by atoms with E-state index in [4.69, 9.17) is 4.74 Å². The maximum absolute atomic E-state index is 5.93. The molecule has 0 spiro atoms. The van der Waals surface area contributed by atoms with Gasteiger partial charge in [0.25, 0.3) is 0 Å². The lowest BCUT2D eigenvalue weighted by Crippen LogP contribution is -2.38. The van der Waals surface area contributed by atoms with Crippen LogP contribution in [-0.4, -0.2) is 46.2 Å². The highest BCUT2D eigenvalue weighted by atomic mass is 16.5. The molecule has 1 N–H and O–H groups in total. The largest absolute Gasteiger partial charge is 0.373 e. The van der Waals surface area contributed by atoms with Gasteiger partial charge in [0.15, 0.2) is 0 Å². The lowest BCUT2D eigenvalue weighted by molar-refractivity contribution is -0.0359. The van der Waals surface area contributed by atoms with Crippen LogP contribution in [0.25, 0.3) is 0 Å². The summed E-state index contributed by atoms with van der Waals surface area (Å²) in [4.78, 5) is 11.5. The molecule has 0 aliphatic carbocycles. The van der Waals surface area contributed by atoms with E-state index in [0.717, 1.165) is 56.5 Å². The number of nitrogens with one attached hydrogen (secondary N) is 1. The predicted octanol–water partition coefficient (Wildman–Crippen LogP) is 2.30. The zero-order valence-electron chi connectivity index (χ0n) is 13.9. The van der Waals surface area contributed by atoms with Gasteiger partial charge in [-0.25, -0.2) is 9.97 Å². The average molecular weight is 315 g/mol. The van der Waals surface area contributed by atoms with Gasteiger partial charge in [-0.2, -0.15) is 0 Å². The molecule has 3 rings (SSSR count). The molecule has 1 aliphatic heterocycles. The Morgan fingerprint density at radius 1 is 1.39 bits per heavy atom. The zero-order valence-corrected chi connectivity index (χ0v) is 13.9. The van der Waals surface area contributed by atoms with Crippen LogP contribution in [0.1, 0.15) is 31.0 Å². The van der Waals surface area contributed by atoms with Crippen LogP contribution in [0.4, 0.5) is 5.82 Å². The Morgan fingerprint density at radius 2 is 2.30 bits per heavy atom. The van der Waals surface area contributed by atoms with Crippen molar-refractivity contribution in [1.29, 1.82) is 0 Å². The van der Waals surface area contributed by atoms with Crippen molar-refractivity contribution >= 4 is 5.82 Å². The molecule has 0 radical (unpaired) electrons. The molecule has 0 amide bonds. The van der Waals surface area contributed by atoms with Crippen LogP contribution in [0.2, 0.25) is 0 Å². The van der Waals surface area contributed by atoms with Gasteiger partial charge < -0.3 is 14.6 Å². The lowest BCUT2D eigenvalue weighted by atomic mass is 10.2. The van der Waals surface area contributed by atoms with E-state index >= 15 is 0 Å². The highest BCUT2D eigenvalue weighted by molar-refractivity contribution is 5.34. The summed E-state index contributed by atoms with van der Waals surface area (Å²) in [7, 11) is 1.88. The van der Waals surface area contributed by atoms with Crippen LogP contribution in [0, 0.1) is 0 Å². The van der Waals surface area contributed by atoms with Gasteiger partial charge in [0.1, 0.15) is 17.7 Å². The quantitative estimate of drug-likeness (QED) is 0.886. The van der Waals surface area contributed by atoms with Gasteiger partial charge in [-0.1, -0.05) is 13.0 Å². The summed E-state index contributed by atoms with van der Waals surface area (Å²) < 4.78 is 8.17. The highest BCUT2D eigenvalue weighted by Crippen LogP contribution is 2.22. The van der Waals surface area contributed by atoms with Crippen LogP contribution < -0.4 is 5.32 Å². The van der Waals surface area contributed by atoms with Crippen molar-refractivity contribution in [1.82, 2.24) is 19.4 Å². The van der Waals surface area contributed by atoms with Crippen LogP contribution >= 0.6 is 0 Å². The number of ether oxygens (including phenoxy) is 1.